The van der Waals surface area contributed by atoms with Crippen molar-refractivity contribution in [1.29, 1.82) is 0 Å². The molecule has 0 amide bonds. The van der Waals surface area contributed by atoms with Crippen LogP contribution >= 0.6 is 0 Å². The maximum atomic E-state index is 10.9. The second-order valence-electron chi connectivity index (χ2n) is 4.02. The molecule has 0 spiro atoms. The van der Waals surface area contributed by atoms with Crippen LogP contribution in [-0.4, -0.2) is 26.2 Å². The van der Waals surface area contributed by atoms with Crippen molar-refractivity contribution in [3.05, 3.63) is 17.2 Å². The first kappa shape index (κ1) is 11.7. The fourth-order valence-corrected chi connectivity index (χ4v) is 1.37. The van der Waals surface area contributed by atoms with Crippen molar-refractivity contribution in [3.63, 3.8) is 0 Å². The number of rotatable bonds is 4. The van der Waals surface area contributed by atoms with Gasteiger partial charge in [0.05, 0.1) is 5.69 Å². The van der Waals surface area contributed by atoms with E-state index in [-0.39, 0.29) is 11.4 Å². The number of carbonyl (C=O) groups is 1. The molecule has 84 valence electrons. The van der Waals surface area contributed by atoms with E-state index >= 15 is 0 Å². The van der Waals surface area contributed by atoms with E-state index in [9.17, 15) is 9.90 Å². The summed E-state index contributed by atoms with van der Waals surface area (Å²) in [5, 5.41) is 18.7. The molecule has 0 aliphatic carbocycles. The monoisotopic (exact) mass is 212 g/mol. The van der Waals surface area contributed by atoms with Crippen LogP contribution < -0.4 is 0 Å². The minimum Gasteiger partial charge on any atom is -0.476 e. The van der Waals surface area contributed by atoms with Crippen molar-refractivity contribution in [3.8, 4) is 0 Å². The van der Waals surface area contributed by atoms with Crippen LogP contribution in [0.25, 0.3) is 0 Å². The molecule has 0 fully saturated rings. The summed E-state index contributed by atoms with van der Waals surface area (Å²) >= 11 is 0. The highest BCUT2D eigenvalue weighted by Gasteiger charge is 2.27. The van der Waals surface area contributed by atoms with E-state index in [2.05, 4.69) is 9.97 Å². The van der Waals surface area contributed by atoms with Gasteiger partial charge in [-0.2, -0.15) is 0 Å². The van der Waals surface area contributed by atoms with Gasteiger partial charge < -0.3 is 15.2 Å². The van der Waals surface area contributed by atoms with Crippen LogP contribution in [0.5, 0.6) is 0 Å². The van der Waals surface area contributed by atoms with E-state index in [0.29, 0.717) is 12.2 Å². The quantitative estimate of drug-likeness (QED) is 0.701. The predicted molar refractivity (Wildman–Crippen MR) is 54.8 cm³/mol. The number of imidazole rings is 1. The van der Waals surface area contributed by atoms with Gasteiger partial charge in [-0.15, -0.1) is 0 Å². The first-order valence-electron chi connectivity index (χ1n) is 4.91. The average molecular weight is 212 g/mol. The fraction of sp³-hybridized carbons (Fsp3) is 0.600. The Morgan fingerprint density at radius 3 is 2.47 bits per heavy atom. The van der Waals surface area contributed by atoms with Gasteiger partial charge in [-0.1, -0.05) is 6.92 Å². The van der Waals surface area contributed by atoms with Crippen LogP contribution in [0.4, 0.5) is 0 Å². The van der Waals surface area contributed by atoms with Crippen molar-refractivity contribution in [2.75, 3.05) is 0 Å². The number of carboxylic acid groups (broad SMARTS) is 1. The van der Waals surface area contributed by atoms with Gasteiger partial charge in [0.1, 0.15) is 11.4 Å². The molecular weight excluding hydrogens is 196 g/mol. The maximum Gasteiger partial charge on any atom is 0.356 e. The Bertz CT molecular complexity index is 363. The van der Waals surface area contributed by atoms with Crippen LogP contribution in [0.15, 0.2) is 0 Å². The molecule has 0 bridgehead atoms. The molecule has 0 saturated carbocycles. The Morgan fingerprint density at radius 2 is 2.13 bits per heavy atom. The molecule has 0 aromatic carbocycles. The van der Waals surface area contributed by atoms with E-state index in [0.717, 1.165) is 6.42 Å². The highest BCUT2D eigenvalue weighted by atomic mass is 16.4. The molecule has 0 aliphatic rings. The summed E-state index contributed by atoms with van der Waals surface area (Å²) in [5.41, 5.74) is -1.04. The van der Waals surface area contributed by atoms with E-state index in [1.165, 1.54) is 13.8 Å². The highest BCUT2D eigenvalue weighted by molar-refractivity contribution is 5.87. The van der Waals surface area contributed by atoms with Crippen LogP contribution in [0.3, 0.4) is 0 Å². The van der Waals surface area contributed by atoms with Gasteiger partial charge in [0.25, 0.3) is 0 Å². The summed E-state index contributed by atoms with van der Waals surface area (Å²) in [6.07, 6.45) is 1.55. The fourth-order valence-electron chi connectivity index (χ4n) is 1.37. The number of aliphatic hydroxyl groups is 1. The van der Waals surface area contributed by atoms with Crippen molar-refractivity contribution in [2.45, 2.75) is 39.2 Å². The van der Waals surface area contributed by atoms with Crippen LogP contribution in [0.1, 0.15) is 49.2 Å². The third-order valence-electron chi connectivity index (χ3n) is 2.05. The molecule has 1 heterocycles. The van der Waals surface area contributed by atoms with Gasteiger partial charge in [-0.05, 0) is 20.3 Å². The van der Waals surface area contributed by atoms with Gasteiger partial charge in [0, 0.05) is 6.42 Å². The van der Waals surface area contributed by atoms with Gasteiger partial charge in [-0.25, -0.2) is 9.78 Å². The molecule has 15 heavy (non-hydrogen) atoms. The summed E-state index contributed by atoms with van der Waals surface area (Å²) in [5.74, 6) is -0.516. The summed E-state index contributed by atoms with van der Waals surface area (Å²) in [7, 11) is 0. The van der Waals surface area contributed by atoms with E-state index in [1.54, 1.807) is 0 Å². The van der Waals surface area contributed by atoms with E-state index in [1.807, 2.05) is 6.92 Å². The molecule has 5 nitrogen and oxygen atoms in total. The number of H-pyrrole nitrogens is 1. The second kappa shape index (κ2) is 4.02. The minimum absolute atomic E-state index is 0.0917. The Labute approximate surface area is 88.2 Å². The Kier molecular flexibility index (Phi) is 3.14. The summed E-state index contributed by atoms with van der Waals surface area (Å²) in [4.78, 5) is 17.7. The molecule has 3 N–H and O–H groups in total. The van der Waals surface area contributed by atoms with Crippen LogP contribution in [-0.2, 0) is 12.0 Å². The zero-order valence-electron chi connectivity index (χ0n) is 9.16. The highest BCUT2D eigenvalue weighted by Crippen LogP contribution is 2.22. The maximum absolute atomic E-state index is 10.9. The van der Waals surface area contributed by atoms with E-state index < -0.39 is 11.6 Å². The Hall–Kier alpha value is -1.36. The number of aromatic nitrogens is 2. The predicted octanol–water partition coefficient (Wildman–Crippen LogP) is 1.29. The number of aromatic amines is 1. The molecule has 0 radical (unpaired) electrons. The second-order valence-corrected chi connectivity index (χ2v) is 4.02. The lowest BCUT2D eigenvalue weighted by Crippen LogP contribution is -2.20. The molecule has 0 saturated heterocycles. The first-order valence-corrected chi connectivity index (χ1v) is 4.91. The summed E-state index contributed by atoms with van der Waals surface area (Å²) in [6.45, 7) is 5.04. The first-order chi connectivity index (χ1) is 6.86. The topological polar surface area (TPSA) is 86.2 Å². The average Bonchev–Trinajstić information content (AvgIpc) is 2.48. The zero-order chi connectivity index (χ0) is 11.6. The number of nitrogens with one attached hydrogen (secondary N) is 1. The molecular formula is C10H16N2O3. The standard InChI is InChI=1S/C10H16N2O3/c1-4-5-6-11-7(9(13)14)8(12-6)10(2,3)15/h15H,4-5H2,1-3H3,(H,11,12)(H,13,14). The summed E-state index contributed by atoms with van der Waals surface area (Å²) in [6, 6.07) is 0. The third-order valence-corrected chi connectivity index (χ3v) is 2.05. The lowest BCUT2D eigenvalue weighted by molar-refractivity contribution is 0.0609. The molecule has 0 atom stereocenters. The number of nitrogens with zero attached hydrogens (tertiary/aromatic N) is 1. The van der Waals surface area contributed by atoms with Crippen molar-refractivity contribution < 1.29 is 15.0 Å². The molecule has 1 aromatic heterocycles. The van der Waals surface area contributed by atoms with E-state index in [4.69, 9.17) is 5.11 Å². The van der Waals surface area contributed by atoms with Crippen molar-refractivity contribution >= 4 is 5.97 Å². The third kappa shape index (κ3) is 2.56. The normalized spacial score (nSPS) is 11.7. The smallest absolute Gasteiger partial charge is 0.356 e. The minimum atomic E-state index is -1.22. The molecule has 1 rings (SSSR count). The lowest BCUT2D eigenvalue weighted by Gasteiger charge is -2.15. The number of aryl methyl sites for hydroxylation is 1. The molecule has 1 aromatic rings. The van der Waals surface area contributed by atoms with Gasteiger partial charge in [-0.3, -0.25) is 0 Å². The van der Waals surface area contributed by atoms with Gasteiger partial charge in [0.15, 0.2) is 5.69 Å². The van der Waals surface area contributed by atoms with Crippen molar-refractivity contribution in [2.24, 2.45) is 0 Å². The number of aromatic carboxylic acids is 1. The SMILES string of the molecule is CCCc1nc(C(=O)O)c(C(C)(C)O)[nH]1. The Morgan fingerprint density at radius 1 is 1.53 bits per heavy atom. The number of carboxylic acids is 1. The summed E-state index contributed by atoms with van der Waals surface area (Å²) < 4.78 is 0. The van der Waals surface area contributed by atoms with Gasteiger partial charge >= 0.3 is 5.97 Å². The van der Waals surface area contributed by atoms with Crippen LogP contribution in [0.2, 0.25) is 0 Å². The number of hydrogen-bond acceptors (Lipinski definition) is 3. The van der Waals surface area contributed by atoms with Gasteiger partial charge in [0.2, 0.25) is 0 Å². The van der Waals surface area contributed by atoms with Crippen molar-refractivity contribution in [1.82, 2.24) is 9.97 Å². The largest absolute Gasteiger partial charge is 0.476 e. The molecule has 5 heteroatoms. The molecule has 0 aliphatic heterocycles. The number of hydrogen-bond donors (Lipinski definition) is 3. The van der Waals surface area contributed by atoms with Crippen LogP contribution in [0, 0.1) is 0 Å². The molecule has 0 unspecified atom stereocenters. The Balaban J connectivity index is 3.18. The zero-order valence-corrected chi connectivity index (χ0v) is 9.16. The lowest BCUT2D eigenvalue weighted by atomic mass is 10.0.